The number of alkyl carbamates (subject to hydrolysis) is 1. The number of aromatic nitrogens is 1. The predicted molar refractivity (Wildman–Crippen MR) is 133 cm³/mol. The highest BCUT2D eigenvalue weighted by Crippen LogP contribution is 2.33. The predicted octanol–water partition coefficient (Wildman–Crippen LogP) is 5.03. The number of halogens is 1. The van der Waals surface area contributed by atoms with Crippen molar-refractivity contribution in [2.24, 2.45) is 0 Å². The van der Waals surface area contributed by atoms with E-state index in [4.69, 9.17) is 9.47 Å². The van der Waals surface area contributed by atoms with Gasteiger partial charge in [0, 0.05) is 23.1 Å². The van der Waals surface area contributed by atoms with Gasteiger partial charge in [-0.05, 0) is 62.9 Å². The number of nitrogens with zero attached hydrogens (tertiary/aromatic N) is 1. The van der Waals surface area contributed by atoms with Crippen LogP contribution in [0.5, 0.6) is 0 Å². The standard InChI is InChI=1S/C27H32FN3O5/c1-27(2,3)36-26(34)31-15-20(32)12-19(31)13-24(22-14-29-23-11-18(28)9-10-21(22)23)30-25(33)35-16-17-7-5-4-6-8-17/h4-11,14,19-20,24,29,32H,12-13,15-16H2,1-3H3,(H,30,33). The van der Waals surface area contributed by atoms with Crippen molar-refractivity contribution in [2.75, 3.05) is 6.54 Å². The number of hydrogen-bond donors (Lipinski definition) is 3. The van der Waals surface area contributed by atoms with E-state index in [-0.39, 0.29) is 25.0 Å². The van der Waals surface area contributed by atoms with Gasteiger partial charge in [0.25, 0.3) is 0 Å². The summed E-state index contributed by atoms with van der Waals surface area (Å²) in [6, 6.07) is 12.7. The van der Waals surface area contributed by atoms with Crippen molar-refractivity contribution < 1.29 is 28.6 Å². The first-order chi connectivity index (χ1) is 17.1. The van der Waals surface area contributed by atoms with Crippen LogP contribution in [-0.4, -0.2) is 51.5 Å². The van der Waals surface area contributed by atoms with Crippen LogP contribution in [0.2, 0.25) is 0 Å². The summed E-state index contributed by atoms with van der Waals surface area (Å²) >= 11 is 0. The molecule has 36 heavy (non-hydrogen) atoms. The molecule has 0 saturated carbocycles. The normalized spacial score (nSPS) is 18.8. The molecular weight excluding hydrogens is 465 g/mol. The molecule has 3 unspecified atom stereocenters. The Hall–Kier alpha value is -3.59. The average molecular weight is 498 g/mol. The van der Waals surface area contributed by atoms with Crippen molar-refractivity contribution in [3.63, 3.8) is 0 Å². The fourth-order valence-electron chi connectivity index (χ4n) is 4.51. The number of rotatable bonds is 6. The molecule has 2 heterocycles. The first-order valence-corrected chi connectivity index (χ1v) is 12.0. The minimum absolute atomic E-state index is 0.102. The number of ether oxygens (including phenoxy) is 2. The fourth-order valence-corrected chi connectivity index (χ4v) is 4.51. The smallest absolute Gasteiger partial charge is 0.410 e. The summed E-state index contributed by atoms with van der Waals surface area (Å²) in [5.74, 6) is -0.377. The van der Waals surface area contributed by atoms with Crippen molar-refractivity contribution in [1.82, 2.24) is 15.2 Å². The van der Waals surface area contributed by atoms with Crippen molar-refractivity contribution in [3.05, 3.63) is 71.7 Å². The number of fused-ring (bicyclic) bond motifs is 1. The van der Waals surface area contributed by atoms with Gasteiger partial charge in [0.05, 0.1) is 18.7 Å². The second-order valence-electron chi connectivity index (χ2n) is 10.1. The van der Waals surface area contributed by atoms with Crippen LogP contribution in [-0.2, 0) is 16.1 Å². The summed E-state index contributed by atoms with van der Waals surface area (Å²) in [6.07, 6.45) is 0.521. The Bertz CT molecular complexity index is 1210. The molecule has 192 valence electrons. The van der Waals surface area contributed by atoms with E-state index in [9.17, 15) is 19.1 Å². The molecule has 1 aromatic heterocycles. The number of nitrogens with one attached hydrogen (secondary N) is 2. The van der Waals surface area contributed by atoms with E-state index < -0.39 is 29.9 Å². The molecule has 0 bridgehead atoms. The van der Waals surface area contributed by atoms with E-state index >= 15 is 0 Å². The third-order valence-corrected chi connectivity index (χ3v) is 6.08. The molecule has 4 rings (SSSR count). The third-order valence-electron chi connectivity index (χ3n) is 6.08. The molecule has 3 N–H and O–H groups in total. The van der Waals surface area contributed by atoms with Crippen LogP contribution in [0.25, 0.3) is 10.9 Å². The van der Waals surface area contributed by atoms with Gasteiger partial charge in [-0.1, -0.05) is 30.3 Å². The first-order valence-electron chi connectivity index (χ1n) is 12.0. The molecule has 3 atom stereocenters. The van der Waals surface area contributed by atoms with Crippen molar-refractivity contribution in [2.45, 2.75) is 64.0 Å². The number of aromatic amines is 1. The zero-order valence-electron chi connectivity index (χ0n) is 20.7. The second-order valence-corrected chi connectivity index (χ2v) is 10.1. The first kappa shape index (κ1) is 25.5. The lowest BCUT2D eigenvalue weighted by atomic mass is 9.97. The topological polar surface area (TPSA) is 104 Å². The van der Waals surface area contributed by atoms with Crippen LogP contribution in [0.3, 0.4) is 0 Å². The molecule has 1 aliphatic rings. The summed E-state index contributed by atoms with van der Waals surface area (Å²) in [4.78, 5) is 30.2. The average Bonchev–Trinajstić information content (AvgIpc) is 3.39. The highest BCUT2D eigenvalue weighted by molar-refractivity contribution is 5.84. The molecule has 2 aromatic carbocycles. The lowest BCUT2D eigenvalue weighted by Gasteiger charge is -2.30. The van der Waals surface area contributed by atoms with Crippen LogP contribution in [0.4, 0.5) is 14.0 Å². The molecule has 1 saturated heterocycles. The van der Waals surface area contributed by atoms with Gasteiger partial charge in [0.2, 0.25) is 0 Å². The molecule has 0 radical (unpaired) electrons. The molecule has 0 spiro atoms. The number of likely N-dealkylation sites (tertiary alicyclic amines) is 1. The van der Waals surface area contributed by atoms with Gasteiger partial charge in [-0.2, -0.15) is 0 Å². The van der Waals surface area contributed by atoms with Crippen molar-refractivity contribution in [1.29, 1.82) is 0 Å². The maximum atomic E-state index is 13.8. The lowest BCUT2D eigenvalue weighted by molar-refractivity contribution is 0.0196. The molecule has 8 nitrogen and oxygen atoms in total. The van der Waals surface area contributed by atoms with E-state index in [1.807, 2.05) is 30.3 Å². The summed E-state index contributed by atoms with van der Waals surface area (Å²) < 4.78 is 24.7. The van der Waals surface area contributed by atoms with Gasteiger partial charge in [-0.15, -0.1) is 0 Å². The number of amides is 2. The van der Waals surface area contributed by atoms with E-state index in [0.29, 0.717) is 18.4 Å². The van der Waals surface area contributed by atoms with Crippen LogP contribution >= 0.6 is 0 Å². The molecule has 1 aliphatic heterocycles. The molecule has 0 aliphatic carbocycles. The van der Waals surface area contributed by atoms with Gasteiger partial charge in [-0.3, -0.25) is 0 Å². The second kappa shape index (κ2) is 10.6. The fraction of sp³-hybridized carbons (Fsp3) is 0.407. The number of carbonyl (C=O) groups excluding carboxylic acids is 2. The number of aliphatic hydroxyl groups is 1. The Morgan fingerprint density at radius 3 is 2.69 bits per heavy atom. The third kappa shape index (κ3) is 6.34. The van der Waals surface area contributed by atoms with Gasteiger partial charge in [0.15, 0.2) is 0 Å². The van der Waals surface area contributed by atoms with Crippen molar-refractivity contribution >= 4 is 23.1 Å². The molecule has 3 aromatic rings. The van der Waals surface area contributed by atoms with Crippen molar-refractivity contribution in [3.8, 4) is 0 Å². The lowest BCUT2D eigenvalue weighted by Crippen LogP contribution is -2.42. The van der Waals surface area contributed by atoms with E-state index in [2.05, 4.69) is 10.3 Å². The Labute approximate surface area is 209 Å². The number of β-amino-alcohol motifs (C(OH)–C–C–N with tert-alkyl or cyclic N) is 1. The summed E-state index contributed by atoms with van der Waals surface area (Å²) in [5, 5.41) is 14.0. The van der Waals surface area contributed by atoms with Crippen LogP contribution < -0.4 is 5.32 Å². The Balaban J connectivity index is 1.56. The molecule has 1 fully saturated rings. The minimum Gasteiger partial charge on any atom is -0.445 e. The Morgan fingerprint density at radius 2 is 1.97 bits per heavy atom. The maximum Gasteiger partial charge on any atom is 0.410 e. The van der Waals surface area contributed by atoms with Gasteiger partial charge in [0.1, 0.15) is 18.0 Å². The monoisotopic (exact) mass is 497 g/mol. The van der Waals surface area contributed by atoms with E-state index in [0.717, 1.165) is 16.5 Å². The molecular formula is C27H32FN3O5. The largest absolute Gasteiger partial charge is 0.445 e. The van der Waals surface area contributed by atoms with Crippen LogP contribution in [0, 0.1) is 5.82 Å². The number of aliphatic hydroxyl groups excluding tert-OH is 1. The van der Waals surface area contributed by atoms with Crippen LogP contribution in [0.1, 0.15) is 50.8 Å². The van der Waals surface area contributed by atoms with Gasteiger partial charge < -0.3 is 29.8 Å². The highest BCUT2D eigenvalue weighted by Gasteiger charge is 2.39. The molecule has 9 heteroatoms. The Morgan fingerprint density at radius 1 is 1.22 bits per heavy atom. The SMILES string of the molecule is CC(C)(C)OC(=O)N1CC(O)CC1CC(NC(=O)OCc1ccccc1)c1c[nH]c2cc(F)ccc12. The van der Waals surface area contributed by atoms with E-state index in [1.165, 1.54) is 17.0 Å². The summed E-state index contributed by atoms with van der Waals surface area (Å²) in [6.45, 7) is 5.59. The maximum absolute atomic E-state index is 13.8. The zero-order chi connectivity index (χ0) is 25.9. The number of hydrogen-bond acceptors (Lipinski definition) is 5. The number of carbonyl (C=O) groups is 2. The summed E-state index contributed by atoms with van der Waals surface area (Å²) in [7, 11) is 0. The van der Waals surface area contributed by atoms with Gasteiger partial charge >= 0.3 is 12.2 Å². The number of benzene rings is 2. The Kier molecular flexibility index (Phi) is 7.49. The highest BCUT2D eigenvalue weighted by atomic mass is 19.1. The molecule has 2 amide bonds. The van der Waals surface area contributed by atoms with Crippen LogP contribution in [0.15, 0.2) is 54.7 Å². The van der Waals surface area contributed by atoms with E-state index in [1.54, 1.807) is 33.0 Å². The van der Waals surface area contributed by atoms with Gasteiger partial charge in [-0.25, -0.2) is 14.0 Å². The zero-order valence-corrected chi connectivity index (χ0v) is 20.7. The minimum atomic E-state index is -0.703. The summed E-state index contributed by atoms with van der Waals surface area (Å²) in [5.41, 5.74) is 1.48. The quantitative estimate of drug-likeness (QED) is 0.443. The number of H-pyrrole nitrogens is 1.